The van der Waals surface area contributed by atoms with E-state index in [0.717, 1.165) is 12.1 Å². The number of halogens is 3. The molecule has 5 heteroatoms. The van der Waals surface area contributed by atoms with Gasteiger partial charge in [-0.1, -0.05) is 18.2 Å². The summed E-state index contributed by atoms with van der Waals surface area (Å²) in [6.07, 6.45) is -0.799. The van der Waals surface area contributed by atoms with Gasteiger partial charge >= 0.3 is 6.18 Å². The fourth-order valence-corrected chi connectivity index (χ4v) is 1.29. The molecule has 0 unspecified atom stereocenters. The van der Waals surface area contributed by atoms with E-state index in [1.807, 2.05) is 0 Å². The van der Waals surface area contributed by atoms with Crippen LogP contribution in [0.3, 0.4) is 0 Å². The SMILES string of the molecule is O=Cc1cc(C(F)(F)F)ccc1C=CCS. The van der Waals surface area contributed by atoms with Gasteiger partial charge in [-0.25, -0.2) is 0 Å². The van der Waals surface area contributed by atoms with E-state index < -0.39 is 11.7 Å². The molecule has 0 radical (unpaired) electrons. The van der Waals surface area contributed by atoms with Crippen molar-refractivity contribution in [3.05, 3.63) is 41.0 Å². The Balaban J connectivity index is 3.17. The molecule has 0 aliphatic heterocycles. The van der Waals surface area contributed by atoms with E-state index in [0.29, 0.717) is 17.6 Å². The number of benzene rings is 1. The van der Waals surface area contributed by atoms with Crippen molar-refractivity contribution in [3.8, 4) is 0 Å². The zero-order valence-electron chi connectivity index (χ0n) is 8.16. The number of carbonyl (C=O) groups is 1. The topological polar surface area (TPSA) is 17.1 Å². The van der Waals surface area contributed by atoms with E-state index in [4.69, 9.17) is 0 Å². The normalized spacial score (nSPS) is 12.0. The zero-order chi connectivity index (χ0) is 12.2. The minimum atomic E-state index is -4.43. The highest BCUT2D eigenvalue weighted by molar-refractivity contribution is 7.80. The second-order valence-corrected chi connectivity index (χ2v) is 3.41. The van der Waals surface area contributed by atoms with E-state index in [1.165, 1.54) is 6.07 Å². The molecule has 1 nitrogen and oxygen atoms in total. The average molecular weight is 246 g/mol. The fraction of sp³-hybridized carbons (Fsp3) is 0.182. The van der Waals surface area contributed by atoms with Gasteiger partial charge in [0.2, 0.25) is 0 Å². The van der Waals surface area contributed by atoms with Gasteiger partial charge in [0.25, 0.3) is 0 Å². The Kier molecular flexibility index (Phi) is 4.18. The van der Waals surface area contributed by atoms with E-state index in [-0.39, 0.29) is 5.56 Å². The van der Waals surface area contributed by atoms with Crippen LogP contribution in [0.2, 0.25) is 0 Å². The third-order valence-electron chi connectivity index (χ3n) is 1.94. The highest BCUT2D eigenvalue weighted by atomic mass is 32.1. The molecule has 0 amide bonds. The van der Waals surface area contributed by atoms with Crippen molar-refractivity contribution in [1.82, 2.24) is 0 Å². The Labute approximate surface area is 96.4 Å². The molecule has 0 aliphatic carbocycles. The van der Waals surface area contributed by atoms with E-state index >= 15 is 0 Å². The maximum atomic E-state index is 12.3. The lowest BCUT2D eigenvalue weighted by molar-refractivity contribution is -0.137. The van der Waals surface area contributed by atoms with E-state index in [9.17, 15) is 18.0 Å². The van der Waals surface area contributed by atoms with Crippen LogP contribution >= 0.6 is 12.6 Å². The summed E-state index contributed by atoms with van der Waals surface area (Å²) in [5.74, 6) is 0.458. The van der Waals surface area contributed by atoms with Gasteiger partial charge in [0.05, 0.1) is 5.56 Å². The predicted octanol–water partition coefficient (Wildman–Crippen LogP) is 3.46. The molecule has 0 atom stereocenters. The maximum Gasteiger partial charge on any atom is 0.416 e. The summed E-state index contributed by atoms with van der Waals surface area (Å²) in [5, 5.41) is 0. The van der Waals surface area contributed by atoms with Crippen LogP contribution in [-0.4, -0.2) is 12.0 Å². The number of carbonyl (C=O) groups excluding carboxylic acids is 1. The average Bonchev–Trinajstić information content (AvgIpc) is 2.24. The first-order valence-corrected chi connectivity index (χ1v) is 5.06. The summed E-state index contributed by atoms with van der Waals surface area (Å²) in [6, 6.07) is 3.06. The van der Waals surface area contributed by atoms with Crippen LogP contribution in [0.5, 0.6) is 0 Å². The number of rotatable bonds is 3. The van der Waals surface area contributed by atoms with Crippen molar-refractivity contribution in [2.24, 2.45) is 0 Å². The molecular weight excluding hydrogens is 237 g/mol. The summed E-state index contributed by atoms with van der Waals surface area (Å²) in [4.78, 5) is 10.6. The lowest BCUT2D eigenvalue weighted by Crippen LogP contribution is -2.05. The molecule has 0 heterocycles. The summed E-state index contributed by atoms with van der Waals surface area (Å²) < 4.78 is 37.0. The molecule has 0 aliphatic rings. The number of hydrogen-bond acceptors (Lipinski definition) is 2. The lowest BCUT2D eigenvalue weighted by Gasteiger charge is -2.08. The molecule has 1 rings (SSSR count). The lowest BCUT2D eigenvalue weighted by atomic mass is 10.0. The first kappa shape index (κ1) is 12.8. The molecule has 0 fully saturated rings. The third kappa shape index (κ3) is 3.13. The molecule has 86 valence electrons. The molecule has 0 saturated carbocycles. The van der Waals surface area contributed by atoms with Gasteiger partial charge in [0, 0.05) is 11.3 Å². The number of hydrogen-bond donors (Lipinski definition) is 1. The standard InChI is InChI=1S/C11H9F3OS/c12-11(13,14)10-4-3-8(2-1-5-16)9(6-10)7-15/h1-4,6-7,16H,5H2. The van der Waals surface area contributed by atoms with Crippen molar-refractivity contribution in [1.29, 1.82) is 0 Å². The van der Waals surface area contributed by atoms with Crippen molar-refractivity contribution in [3.63, 3.8) is 0 Å². The van der Waals surface area contributed by atoms with Crippen molar-refractivity contribution < 1.29 is 18.0 Å². The zero-order valence-corrected chi connectivity index (χ0v) is 9.05. The summed E-state index contributed by atoms with van der Waals surface area (Å²) in [6.45, 7) is 0. The quantitative estimate of drug-likeness (QED) is 0.638. The Bertz CT molecular complexity index is 410. The fourth-order valence-electron chi connectivity index (χ4n) is 1.18. The van der Waals surface area contributed by atoms with Gasteiger partial charge in [0.15, 0.2) is 6.29 Å². The van der Waals surface area contributed by atoms with Crippen LogP contribution in [0.1, 0.15) is 21.5 Å². The number of alkyl halides is 3. The van der Waals surface area contributed by atoms with Crippen LogP contribution < -0.4 is 0 Å². The van der Waals surface area contributed by atoms with Crippen LogP contribution in [0, 0.1) is 0 Å². The minimum absolute atomic E-state index is 0.0212. The highest BCUT2D eigenvalue weighted by Gasteiger charge is 2.30. The molecule has 0 N–H and O–H groups in total. The molecule has 0 aromatic heterocycles. The molecule has 0 spiro atoms. The van der Waals surface area contributed by atoms with Crippen LogP contribution in [0.4, 0.5) is 13.2 Å². The summed E-state index contributed by atoms with van der Waals surface area (Å²) >= 11 is 3.93. The Hall–Kier alpha value is -1.23. The van der Waals surface area contributed by atoms with Gasteiger partial charge in [-0.2, -0.15) is 25.8 Å². The largest absolute Gasteiger partial charge is 0.416 e. The highest BCUT2D eigenvalue weighted by Crippen LogP contribution is 2.30. The monoisotopic (exact) mass is 246 g/mol. The van der Waals surface area contributed by atoms with Crippen LogP contribution in [-0.2, 0) is 6.18 Å². The van der Waals surface area contributed by atoms with Crippen molar-refractivity contribution in [2.45, 2.75) is 6.18 Å². The van der Waals surface area contributed by atoms with E-state index in [1.54, 1.807) is 12.2 Å². The molecule has 16 heavy (non-hydrogen) atoms. The van der Waals surface area contributed by atoms with Crippen LogP contribution in [0.15, 0.2) is 24.3 Å². The van der Waals surface area contributed by atoms with Crippen molar-refractivity contribution >= 4 is 25.0 Å². The van der Waals surface area contributed by atoms with Crippen molar-refractivity contribution in [2.75, 3.05) is 5.75 Å². The summed E-state index contributed by atoms with van der Waals surface area (Å²) in [7, 11) is 0. The second kappa shape index (κ2) is 5.21. The molecule has 0 bridgehead atoms. The molecule has 1 aromatic carbocycles. The first-order chi connectivity index (χ1) is 7.49. The smallest absolute Gasteiger partial charge is 0.298 e. The number of thiol groups is 1. The maximum absolute atomic E-state index is 12.3. The number of aldehydes is 1. The Morgan fingerprint density at radius 2 is 1.94 bits per heavy atom. The molecule has 0 saturated heterocycles. The predicted molar refractivity (Wildman–Crippen MR) is 59.7 cm³/mol. The van der Waals surface area contributed by atoms with Gasteiger partial charge in [-0.15, -0.1) is 0 Å². The Morgan fingerprint density at radius 1 is 1.25 bits per heavy atom. The van der Waals surface area contributed by atoms with Gasteiger partial charge in [0.1, 0.15) is 0 Å². The minimum Gasteiger partial charge on any atom is -0.298 e. The van der Waals surface area contributed by atoms with Gasteiger partial charge in [-0.3, -0.25) is 4.79 Å². The first-order valence-electron chi connectivity index (χ1n) is 4.43. The molecular formula is C11H9F3OS. The van der Waals surface area contributed by atoms with Crippen LogP contribution in [0.25, 0.3) is 6.08 Å². The second-order valence-electron chi connectivity index (χ2n) is 3.04. The van der Waals surface area contributed by atoms with E-state index in [2.05, 4.69) is 12.6 Å². The third-order valence-corrected chi connectivity index (χ3v) is 2.15. The molecule has 1 aromatic rings. The Morgan fingerprint density at radius 3 is 2.44 bits per heavy atom. The summed E-state index contributed by atoms with van der Waals surface area (Å²) in [5.41, 5.74) is -0.345. The van der Waals surface area contributed by atoms with Gasteiger partial charge < -0.3 is 0 Å². The van der Waals surface area contributed by atoms with Gasteiger partial charge in [-0.05, 0) is 17.7 Å².